The maximum Gasteiger partial charge on any atom is 0.306 e. The number of rotatable bonds is 45. The number of carbonyl (C=O) groups is 2. The van der Waals surface area contributed by atoms with Crippen LogP contribution < -0.4 is 5.32 Å². The van der Waals surface area contributed by atoms with Gasteiger partial charge < -0.3 is 20.3 Å². The average Bonchev–Trinajstić information content (AvgIpc) is 3.18. The molecule has 0 aliphatic rings. The molecule has 0 heterocycles. The minimum absolute atomic E-state index is 0.0874. The topological polar surface area (TPSA) is 95.9 Å². The van der Waals surface area contributed by atoms with Crippen LogP contribution >= 0.6 is 0 Å². The summed E-state index contributed by atoms with van der Waals surface area (Å²) in [4.78, 5) is 26.0. The summed E-state index contributed by atoms with van der Waals surface area (Å²) in [6, 6.07) is -0.690. The van der Waals surface area contributed by atoms with Gasteiger partial charge in [-0.15, -0.1) is 0 Å². The highest BCUT2D eigenvalue weighted by molar-refractivity contribution is 5.77. The highest BCUT2D eigenvalue weighted by Gasteiger charge is 2.24. The number of unbranched alkanes of at least 4 members (excludes halogenated alkanes) is 33. The largest absolute Gasteiger partial charge is 0.462 e. The summed E-state index contributed by atoms with van der Waals surface area (Å²) in [5.74, 6) is -0.454. The standard InChI is InChI=1S/C49H97NO5/c1-4-7-10-13-16-19-22-23-24-27-28-31-34-37-40-45(55-49(54)42-39-36-33-30-26-21-18-15-12-9-6-3)43-48(53)50-46(44-51)47(52)41-38-35-32-29-25-20-17-14-11-8-5-2/h45-47,51-52H,4-44H2,1-3H3,(H,50,53). The van der Waals surface area contributed by atoms with Gasteiger partial charge >= 0.3 is 5.97 Å². The van der Waals surface area contributed by atoms with E-state index in [0.29, 0.717) is 19.3 Å². The van der Waals surface area contributed by atoms with Crippen LogP contribution in [-0.4, -0.2) is 46.9 Å². The summed E-state index contributed by atoms with van der Waals surface area (Å²) in [5.41, 5.74) is 0. The van der Waals surface area contributed by atoms with Crippen molar-refractivity contribution in [3.8, 4) is 0 Å². The summed E-state index contributed by atoms with van der Waals surface area (Å²) in [6.45, 7) is 6.49. The summed E-state index contributed by atoms with van der Waals surface area (Å²) in [7, 11) is 0. The molecule has 3 atom stereocenters. The van der Waals surface area contributed by atoms with Gasteiger partial charge in [0.1, 0.15) is 6.10 Å². The van der Waals surface area contributed by atoms with Gasteiger partial charge in [-0.25, -0.2) is 0 Å². The number of aliphatic hydroxyl groups excluding tert-OH is 2. The molecule has 3 unspecified atom stereocenters. The molecule has 0 spiro atoms. The van der Waals surface area contributed by atoms with E-state index in [1.807, 2.05) is 0 Å². The molecule has 0 rings (SSSR count). The summed E-state index contributed by atoms with van der Waals surface area (Å²) in [5, 5.41) is 23.7. The molecule has 328 valence electrons. The molecule has 1 amide bonds. The minimum Gasteiger partial charge on any atom is -0.462 e. The lowest BCUT2D eigenvalue weighted by atomic mass is 10.0. The van der Waals surface area contributed by atoms with E-state index in [1.165, 1.54) is 186 Å². The van der Waals surface area contributed by atoms with Gasteiger partial charge in [-0.1, -0.05) is 239 Å². The molecule has 6 heteroatoms. The average molecular weight is 780 g/mol. The van der Waals surface area contributed by atoms with Crippen LogP contribution in [0.15, 0.2) is 0 Å². The summed E-state index contributed by atoms with van der Waals surface area (Å²) >= 11 is 0. The molecular formula is C49H97NO5. The van der Waals surface area contributed by atoms with Crippen LogP contribution in [0.1, 0.15) is 278 Å². The number of esters is 1. The maximum atomic E-state index is 13.2. The molecule has 55 heavy (non-hydrogen) atoms. The molecule has 0 saturated carbocycles. The van der Waals surface area contributed by atoms with Gasteiger partial charge in [0.25, 0.3) is 0 Å². The molecule has 0 radical (unpaired) electrons. The Kier molecular flexibility index (Phi) is 43.1. The third kappa shape index (κ3) is 39.5. The van der Waals surface area contributed by atoms with Gasteiger partial charge in [0.05, 0.1) is 25.2 Å². The molecule has 0 aromatic rings. The van der Waals surface area contributed by atoms with E-state index in [9.17, 15) is 19.8 Å². The van der Waals surface area contributed by atoms with Crippen molar-refractivity contribution in [3.63, 3.8) is 0 Å². The van der Waals surface area contributed by atoms with Crippen LogP contribution in [0.5, 0.6) is 0 Å². The predicted molar refractivity (Wildman–Crippen MR) is 237 cm³/mol. The molecule has 0 aromatic carbocycles. The molecule has 0 aliphatic heterocycles. The summed E-state index contributed by atoms with van der Waals surface area (Å²) in [6.07, 6.45) is 45.9. The van der Waals surface area contributed by atoms with E-state index < -0.39 is 18.2 Å². The molecule has 0 aromatic heterocycles. The highest BCUT2D eigenvalue weighted by Crippen LogP contribution is 2.18. The number of amides is 1. The molecular weight excluding hydrogens is 683 g/mol. The Balaban J connectivity index is 4.53. The predicted octanol–water partition coefficient (Wildman–Crippen LogP) is 14.4. The van der Waals surface area contributed by atoms with Crippen molar-refractivity contribution in [2.45, 2.75) is 296 Å². The Bertz CT molecular complexity index is 791. The van der Waals surface area contributed by atoms with Crippen molar-refractivity contribution in [2.75, 3.05) is 6.61 Å². The number of hydrogen-bond donors (Lipinski definition) is 3. The zero-order valence-electron chi connectivity index (χ0n) is 37.3. The molecule has 0 saturated heterocycles. The number of carbonyl (C=O) groups excluding carboxylic acids is 2. The minimum atomic E-state index is -0.777. The van der Waals surface area contributed by atoms with E-state index in [1.54, 1.807) is 0 Å². The molecule has 6 nitrogen and oxygen atoms in total. The lowest BCUT2D eigenvalue weighted by Crippen LogP contribution is -2.46. The fourth-order valence-electron chi connectivity index (χ4n) is 7.90. The molecule has 0 bridgehead atoms. The smallest absolute Gasteiger partial charge is 0.306 e. The second-order valence-electron chi connectivity index (χ2n) is 17.2. The molecule has 3 N–H and O–H groups in total. The van der Waals surface area contributed by atoms with Gasteiger partial charge in [0.2, 0.25) is 5.91 Å². The third-order valence-corrected chi connectivity index (χ3v) is 11.7. The Morgan fingerprint density at radius 2 is 0.764 bits per heavy atom. The molecule has 0 fully saturated rings. The van der Waals surface area contributed by atoms with E-state index in [4.69, 9.17) is 4.74 Å². The molecule has 0 aliphatic carbocycles. The Morgan fingerprint density at radius 1 is 0.455 bits per heavy atom. The number of ether oxygens (including phenoxy) is 1. The van der Waals surface area contributed by atoms with Crippen molar-refractivity contribution in [2.24, 2.45) is 0 Å². The van der Waals surface area contributed by atoms with Crippen LogP contribution in [0.3, 0.4) is 0 Å². The Labute approximate surface area is 343 Å². The fourth-order valence-corrected chi connectivity index (χ4v) is 7.90. The van der Waals surface area contributed by atoms with Crippen LogP contribution in [0.4, 0.5) is 0 Å². The van der Waals surface area contributed by atoms with E-state index in [2.05, 4.69) is 26.1 Å². The first kappa shape index (κ1) is 53.9. The summed E-state index contributed by atoms with van der Waals surface area (Å²) < 4.78 is 5.92. The van der Waals surface area contributed by atoms with E-state index >= 15 is 0 Å². The van der Waals surface area contributed by atoms with Crippen molar-refractivity contribution in [3.05, 3.63) is 0 Å². The Morgan fingerprint density at radius 3 is 1.11 bits per heavy atom. The second kappa shape index (κ2) is 44.0. The van der Waals surface area contributed by atoms with Gasteiger partial charge in [-0.05, 0) is 25.7 Å². The lowest BCUT2D eigenvalue weighted by molar-refractivity contribution is -0.151. The van der Waals surface area contributed by atoms with Crippen molar-refractivity contribution in [1.29, 1.82) is 0 Å². The maximum absolute atomic E-state index is 13.2. The van der Waals surface area contributed by atoms with Crippen molar-refractivity contribution >= 4 is 11.9 Å². The van der Waals surface area contributed by atoms with E-state index in [-0.39, 0.29) is 24.9 Å². The highest BCUT2D eigenvalue weighted by atomic mass is 16.5. The van der Waals surface area contributed by atoms with Gasteiger partial charge in [-0.2, -0.15) is 0 Å². The SMILES string of the molecule is CCCCCCCCCCCCCCCCC(CC(=O)NC(CO)C(O)CCCCCCCCCCCCC)OC(=O)CCCCCCCCCCCCC. The monoisotopic (exact) mass is 780 g/mol. The van der Waals surface area contributed by atoms with Gasteiger partial charge in [-0.3, -0.25) is 9.59 Å². The quantitative estimate of drug-likeness (QED) is 0.0422. The second-order valence-corrected chi connectivity index (χ2v) is 17.2. The van der Waals surface area contributed by atoms with E-state index in [0.717, 1.165) is 44.9 Å². The van der Waals surface area contributed by atoms with Crippen LogP contribution in [-0.2, 0) is 14.3 Å². The first-order valence-electron chi connectivity index (χ1n) is 24.8. The first-order valence-corrected chi connectivity index (χ1v) is 24.8. The van der Waals surface area contributed by atoms with Gasteiger partial charge in [0.15, 0.2) is 0 Å². The van der Waals surface area contributed by atoms with Crippen molar-refractivity contribution < 1.29 is 24.5 Å². The number of hydrogen-bond acceptors (Lipinski definition) is 5. The fraction of sp³-hybridized carbons (Fsp3) is 0.959. The number of nitrogens with one attached hydrogen (secondary N) is 1. The van der Waals surface area contributed by atoms with Gasteiger partial charge in [0, 0.05) is 6.42 Å². The lowest BCUT2D eigenvalue weighted by Gasteiger charge is -2.24. The number of aliphatic hydroxyl groups is 2. The van der Waals surface area contributed by atoms with Crippen LogP contribution in [0, 0.1) is 0 Å². The third-order valence-electron chi connectivity index (χ3n) is 11.7. The zero-order valence-corrected chi connectivity index (χ0v) is 37.3. The van der Waals surface area contributed by atoms with Crippen molar-refractivity contribution in [1.82, 2.24) is 5.32 Å². The van der Waals surface area contributed by atoms with Crippen LogP contribution in [0.25, 0.3) is 0 Å². The van der Waals surface area contributed by atoms with Crippen LogP contribution in [0.2, 0.25) is 0 Å². The Hall–Kier alpha value is -1.14. The first-order chi connectivity index (χ1) is 27.0. The zero-order chi connectivity index (χ0) is 40.3. The normalized spacial score (nSPS) is 13.2.